The maximum atomic E-state index is 11.4. The minimum absolute atomic E-state index is 0. The third-order valence-corrected chi connectivity index (χ3v) is 4.51. The Morgan fingerprint density at radius 3 is 2.48 bits per heavy atom. The fourth-order valence-corrected chi connectivity index (χ4v) is 2.95. The normalized spacial score (nSPS) is 11.0. The summed E-state index contributed by atoms with van der Waals surface area (Å²) in [5, 5.41) is 11.4. The third kappa shape index (κ3) is 6.99. The molecule has 130 valence electrons. The molecule has 2 aromatic carbocycles. The average molecular weight is 372 g/mol. The van der Waals surface area contributed by atoms with Crippen LogP contribution in [0.3, 0.4) is 0 Å². The molecule has 0 unspecified atom stereocenters. The monoisotopic (exact) mass is 372 g/mol. The van der Waals surface area contributed by atoms with E-state index in [0.717, 1.165) is 25.7 Å². The van der Waals surface area contributed by atoms with E-state index in [0.29, 0.717) is 23.5 Å². The largest absolute Gasteiger partial charge is 1.00 e. The average Bonchev–Trinajstić information content (AvgIpc) is 2.52. The molecule has 0 saturated heterocycles. The maximum Gasteiger partial charge on any atom is 1.00 e. The summed E-state index contributed by atoms with van der Waals surface area (Å²) in [4.78, 5) is -0.155. The Bertz CT molecular complexity index is 790. The number of benzene rings is 2. The summed E-state index contributed by atoms with van der Waals surface area (Å²) in [6.07, 6.45) is 4.76. The Morgan fingerprint density at radius 1 is 1.08 bits per heavy atom. The molecule has 0 aliphatic carbocycles. The van der Waals surface area contributed by atoms with Gasteiger partial charge in [0, 0.05) is 0 Å². The standard InChI is InChI=1S/C18H22O5S.Na/c1-2-3-4-5-7-14-12-17(24(20,21)22)10-11-18(14)23-16-9-6-8-15(19)13-16;/h6,8-13,19H,2-5,7H2,1H3,(H,20,21,22);/q;+1/p-1. The molecule has 0 aliphatic rings. The van der Waals surface area contributed by atoms with Crippen LogP contribution in [-0.2, 0) is 16.5 Å². The van der Waals surface area contributed by atoms with Gasteiger partial charge < -0.3 is 9.84 Å². The molecular weight excluding hydrogens is 351 g/mol. The molecule has 2 aromatic rings. The summed E-state index contributed by atoms with van der Waals surface area (Å²) < 4.78 is 37.7. The Kier molecular flexibility index (Phi) is 8.96. The molecule has 0 amide bonds. The van der Waals surface area contributed by atoms with Crippen LogP contribution in [0.1, 0.15) is 38.2 Å². The van der Waals surface area contributed by atoms with Crippen LogP contribution in [0.2, 0.25) is 0 Å². The van der Waals surface area contributed by atoms with Crippen molar-refractivity contribution in [1.29, 1.82) is 0 Å². The van der Waals surface area contributed by atoms with Crippen molar-refractivity contribution in [1.82, 2.24) is 0 Å². The number of aryl methyl sites for hydroxylation is 1. The second-order valence-electron chi connectivity index (χ2n) is 5.63. The van der Waals surface area contributed by atoms with Crippen LogP contribution in [0.15, 0.2) is 47.4 Å². The van der Waals surface area contributed by atoms with Crippen molar-refractivity contribution in [3.8, 4) is 17.2 Å². The number of ether oxygens (including phenoxy) is 1. The van der Waals surface area contributed by atoms with Gasteiger partial charge >= 0.3 is 29.6 Å². The van der Waals surface area contributed by atoms with E-state index in [9.17, 15) is 18.1 Å². The molecule has 5 nitrogen and oxygen atoms in total. The molecule has 2 rings (SSSR count). The number of hydrogen-bond acceptors (Lipinski definition) is 4. The van der Waals surface area contributed by atoms with E-state index in [1.54, 1.807) is 12.1 Å². The van der Waals surface area contributed by atoms with Gasteiger partial charge in [-0.15, -0.1) is 5.75 Å². The topological polar surface area (TPSA) is 86.7 Å². The Balaban J connectivity index is 0.00000312. The molecule has 0 fully saturated rings. The zero-order valence-corrected chi connectivity index (χ0v) is 17.4. The van der Waals surface area contributed by atoms with Crippen molar-refractivity contribution in [2.24, 2.45) is 0 Å². The van der Waals surface area contributed by atoms with Crippen molar-refractivity contribution < 1.29 is 52.4 Å². The van der Waals surface area contributed by atoms with Gasteiger partial charge in [0.05, 0.1) is 4.90 Å². The minimum Gasteiger partial charge on any atom is -0.872 e. The van der Waals surface area contributed by atoms with Crippen molar-refractivity contribution in [2.45, 2.75) is 43.9 Å². The molecule has 0 bridgehead atoms. The third-order valence-electron chi connectivity index (χ3n) is 3.66. The fraction of sp³-hybridized carbons (Fsp3) is 0.333. The first-order valence-electron chi connectivity index (χ1n) is 7.95. The van der Waals surface area contributed by atoms with E-state index in [1.807, 2.05) is 0 Å². The van der Waals surface area contributed by atoms with E-state index in [2.05, 4.69) is 6.92 Å². The van der Waals surface area contributed by atoms with Gasteiger partial charge in [0.25, 0.3) is 10.1 Å². The summed E-state index contributed by atoms with van der Waals surface area (Å²) >= 11 is 0. The van der Waals surface area contributed by atoms with Gasteiger partial charge in [0.15, 0.2) is 0 Å². The molecule has 0 spiro atoms. The van der Waals surface area contributed by atoms with Crippen LogP contribution in [-0.4, -0.2) is 13.0 Å². The van der Waals surface area contributed by atoms with Gasteiger partial charge in [-0.25, -0.2) is 0 Å². The number of hydrogen-bond donors (Lipinski definition) is 1. The molecular formula is C18H21NaO5S. The molecule has 0 aliphatic heterocycles. The van der Waals surface area contributed by atoms with Crippen molar-refractivity contribution in [3.05, 3.63) is 48.0 Å². The summed E-state index contributed by atoms with van der Waals surface area (Å²) in [7, 11) is -4.26. The Morgan fingerprint density at radius 2 is 1.84 bits per heavy atom. The van der Waals surface area contributed by atoms with Crippen LogP contribution in [0, 0.1) is 0 Å². The summed E-state index contributed by atoms with van der Waals surface area (Å²) in [6, 6.07) is 10.3. The minimum atomic E-state index is -4.26. The molecule has 1 N–H and O–H groups in total. The maximum absolute atomic E-state index is 11.4. The zero-order valence-electron chi connectivity index (χ0n) is 14.6. The first kappa shape index (κ1) is 22.0. The van der Waals surface area contributed by atoms with Crippen LogP contribution in [0.4, 0.5) is 0 Å². The predicted octanol–water partition coefficient (Wildman–Crippen LogP) is 0.926. The molecule has 25 heavy (non-hydrogen) atoms. The predicted molar refractivity (Wildman–Crippen MR) is 90.1 cm³/mol. The van der Waals surface area contributed by atoms with Gasteiger partial charge in [-0.3, -0.25) is 4.55 Å². The van der Waals surface area contributed by atoms with E-state index >= 15 is 0 Å². The second kappa shape index (κ2) is 10.2. The molecule has 0 heterocycles. The smallest absolute Gasteiger partial charge is 0.872 e. The zero-order chi connectivity index (χ0) is 17.6. The van der Waals surface area contributed by atoms with E-state index < -0.39 is 10.1 Å². The number of unbranched alkanes of at least 4 members (excludes halogenated alkanes) is 3. The summed E-state index contributed by atoms with van der Waals surface area (Å²) in [5.74, 6) is 0.730. The Labute approximate surface area is 171 Å². The fourth-order valence-electron chi connectivity index (χ4n) is 2.42. The molecule has 0 radical (unpaired) electrons. The van der Waals surface area contributed by atoms with Crippen LogP contribution >= 0.6 is 0 Å². The molecule has 7 heteroatoms. The van der Waals surface area contributed by atoms with E-state index in [4.69, 9.17) is 4.74 Å². The van der Waals surface area contributed by atoms with Gasteiger partial charge in [-0.05, 0) is 48.7 Å². The van der Waals surface area contributed by atoms with Gasteiger partial charge in [-0.2, -0.15) is 8.42 Å². The van der Waals surface area contributed by atoms with Crippen molar-refractivity contribution >= 4 is 10.1 Å². The summed E-state index contributed by atoms with van der Waals surface area (Å²) in [6.45, 7) is 2.11. The van der Waals surface area contributed by atoms with Crippen molar-refractivity contribution in [2.75, 3.05) is 0 Å². The first-order chi connectivity index (χ1) is 11.4. The second-order valence-corrected chi connectivity index (χ2v) is 7.05. The van der Waals surface area contributed by atoms with Crippen LogP contribution in [0.25, 0.3) is 0 Å². The van der Waals surface area contributed by atoms with E-state index in [1.165, 1.54) is 30.3 Å². The molecule has 0 saturated carbocycles. The number of rotatable bonds is 8. The molecule has 0 aromatic heterocycles. The van der Waals surface area contributed by atoms with Crippen molar-refractivity contribution in [3.63, 3.8) is 0 Å². The van der Waals surface area contributed by atoms with Crippen LogP contribution in [0.5, 0.6) is 17.2 Å². The van der Waals surface area contributed by atoms with Gasteiger partial charge in [0.1, 0.15) is 11.5 Å². The van der Waals surface area contributed by atoms with Gasteiger partial charge in [0.2, 0.25) is 0 Å². The van der Waals surface area contributed by atoms with Gasteiger partial charge in [-0.1, -0.05) is 38.3 Å². The quantitative estimate of drug-likeness (QED) is 0.423. The summed E-state index contributed by atoms with van der Waals surface area (Å²) in [5.41, 5.74) is 0.692. The first-order valence-corrected chi connectivity index (χ1v) is 9.39. The molecule has 0 atom stereocenters. The van der Waals surface area contributed by atoms with E-state index in [-0.39, 0.29) is 40.2 Å². The van der Waals surface area contributed by atoms with Crippen LogP contribution < -0.4 is 39.4 Å². The SMILES string of the molecule is CCCCCCc1cc(S(=O)(=O)O)ccc1Oc1cccc([O-])c1.[Na+]. The Hall–Kier alpha value is -1.05.